The largest absolute Gasteiger partial charge is 0.345 e. The number of nitriles is 1. The van der Waals surface area contributed by atoms with Crippen LogP contribution >= 0.6 is 12.2 Å². The van der Waals surface area contributed by atoms with Gasteiger partial charge in [-0.2, -0.15) is 5.26 Å². The highest BCUT2D eigenvalue weighted by molar-refractivity contribution is 7.71. The van der Waals surface area contributed by atoms with E-state index in [0.29, 0.717) is 10.2 Å². The summed E-state index contributed by atoms with van der Waals surface area (Å²) in [5.74, 6) is -0.280. The van der Waals surface area contributed by atoms with E-state index in [0.717, 1.165) is 16.8 Å². The van der Waals surface area contributed by atoms with Crippen molar-refractivity contribution < 1.29 is 4.39 Å². The van der Waals surface area contributed by atoms with Crippen LogP contribution in [0.3, 0.4) is 0 Å². The van der Waals surface area contributed by atoms with E-state index in [4.69, 9.17) is 17.5 Å². The van der Waals surface area contributed by atoms with Crippen LogP contribution in [0.1, 0.15) is 11.1 Å². The number of hydrogen-bond donors (Lipinski definition) is 1. The number of rotatable bonds is 1. The van der Waals surface area contributed by atoms with E-state index < -0.39 is 0 Å². The molecule has 0 bridgehead atoms. The van der Waals surface area contributed by atoms with Gasteiger partial charge in [0.05, 0.1) is 5.56 Å². The quantitative estimate of drug-likeness (QED) is 0.776. The van der Waals surface area contributed by atoms with Gasteiger partial charge in [-0.15, -0.1) is 0 Å². The van der Waals surface area contributed by atoms with Crippen molar-refractivity contribution in [3.8, 4) is 17.3 Å². The van der Waals surface area contributed by atoms with Crippen LogP contribution in [-0.4, -0.2) is 4.98 Å². The zero-order chi connectivity index (χ0) is 12.4. The Morgan fingerprint density at radius 2 is 1.94 bits per heavy atom. The third-order valence-corrected chi connectivity index (χ3v) is 2.80. The topological polar surface area (TPSA) is 39.6 Å². The van der Waals surface area contributed by atoms with Crippen LogP contribution in [0.4, 0.5) is 4.39 Å². The molecule has 2 rings (SSSR count). The zero-order valence-electron chi connectivity index (χ0n) is 9.12. The Kier molecular flexibility index (Phi) is 3.03. The van der Waals surface area contributed by atoms with E-state index in [9.17, 15) is 4.39 Å². The van der Waals surface area contributed by atoms with Crippen molar-refractivity contribution in [3.05, 3.63) is 51.9 Å². The second-order valence-corrected chi connectivity index (χ2v) is 4.10. The standard InChI is InChI=1S/C13H9FN2S/c1-8-6-12(16-13(17)11(8)7-15)9-2-4-10(14)5-3-9/h2-6H,1H3,(H,16,17). The van der Waals surface area contributed by atoms with Crippen LogP contribution in [0, 0.1) is 28.7 Å². The predicted molar refractivity (Wildman–Crippen MR) is 66.5 cm³/mol. The number of hydrogen-bond acceptors (Lipinski definition) is 2. The number of aromatic nitrogens is 1. The molecule has 0 fully saturated rings. The summed E-state index contributed by atoms with van der Waals surface area (Å²) in [6.07, 6.45) is 0. The molecule has 1 N–H and O–H groups in total. The van der Waals surface area contributed by atoms with Crippen molar-refractivity contribution in [3.63, 3.8) is 0 Å². The minimum absolute atomic E-state index is 0.280. The van der Waals surface area contributed by atoms with Gasteiger partial charge in [-0.05, 0) is 48.4 Å². The summed E-state index contributed by atoms with van der Waals surface area (Å²) in [4.78, 5) is 2.97. The summed E-state index contributed by atoms with van der Waals surface area (Å²) >= 11 is 5.10. The highest BCUT2D eigenvalue weighted by Crippen LogP contribution is 2.20. The summed E-state index contributed by atoms with van der Waals surface area (Å²) in [5, 5.41) is 8.91. The Morgan fingerprint density at radius 3 is 2.47 bits per heavy atom. The summed E-state index contributed by atoms with van der Waals surface area (Å²) in [7, 11) is 0. The van der Waals surface area contributed by atoms with Gasteiger partial charge in [-0.3, -0.25) is 0 Å². The molecule has 0 atom stereocenters. The molecule has 0 radical (unpaired) electrons. The van der Waals surface area contributed by atoms with Crippen LogP contribution in [0.15, 0.2) is 30.3 Å². The summed E-state index contributed by atoms with van der Waals surface area (Å²) in [6.45, 7) is 1.83. The Hall–Kier alpha value is -1.99. The van der Waals surface area contributed by atoms with Crippen LogP contribution in [0.5, 0.6) is 0 Å². The Balaban J connectivity index is 2.59. The molecule has 84 valence electrons. The number of pyridine rings is 1. The first-order valence-electron chi connectivity index (χ1n) is 5.02. The molecule has 0 amide bonds. The first-order valence-corrected chi connectivity index (χ1v) is 5.42. The van der Waals surface area contributed by atoms with E-state index in [1.165, 1.54) is 12.1 Å². The normalized spacial score (nSPS) is 9.94. The molecule has 1 heterocycles. The maximum atomic E-state index is 12.8. The van der Waals surface area contributed by atoms with Crippen molar-refractivity contribution in [2.24, 2.45) is 0 Å². The van der Waals surface area contributed by atoms with Crippen molar-refractivity contribution in [1.29, 1.82) is 5.26 Å². The molecule has 0 aliphatic heterocycles. The molecular weight excluding hydrogens is 235 g/mol. The maximum Gasteiger partial charge on any atom is 0.123 e. The van der Waals surface area contributed by atoms with Crippen molar-refractivity contribution >= 4 is 12.2 Å². The van der Waals surface area contributed by atoms with Gasteiger partial charge in [0.2, 0.25) is 0 Å². The fraction of sp³-hybridized carbons (Fsp3) is 0.0769. The number of benzene rings is 1. The second kappa shape index (κ2) is 4.48. The first-order chi connectivity index (χ1) is 8.11. The monoisotopic (exact) mass is 244 g/mol. The number of aromatic amines is 1. The van der Waals surface area contributed by atoms with Gasteiger partial charge in [0.1, 0.15) is 16.5 Å². The number of aryl methyl sites for hydroxylation is 1. The molecule has 0 spiro atoms. The maximum absolute atomic E-state index is 12.8. The zero-order valence-corrected chi connectivity index (χ0v) is 9.94. The fourth-order valence-electron chi connectivity index (χ4n) is 1.61. The fourth-order valence-corrected chi connectivity index (χ4v) is 1.93. The van der Waals surface area contributed by atoms with E-state index >= 15 is 0 Å². The van der Waals surface area contributed by atoms with Crippen LogP contribution in [0.2, 0.25) is 0 Å². The molecule has 0 unspecified atom stereocenters. The minimum atomic E-state index is -0.280. The van der Waals surface area contributed by atoms with Gasteiger partial charge in [-0.25, -0.2) is 4.39 Å². The number of halogens is 1. The average molecular weight is 244 g/mol. The Labute approximate surface area is 103 Å². The molecule has 1 aromatic heterocycles. The minimum Gasteiger partial charge on any atom is -0.345 e. The van der Waals surface area contributed by atoms with Gasteiger partial charge in [-0.1, -0.05) is 12.2 Å². The summed E-state index contributed by atoms with van der Waals surface area (Å²) < 4.78 is 13.2. The average Bonchev–Trinajstić information content (AvgIpc) is 2.29. The Morgan fingerprint density at radius 1 is 1.29 bits per heavy atom. The van der Waals surface area contributed by atoms with E-state index in [-0.39, 0.29) is 5.82 Å². The van der Waals surface area contributed by atoms with Gasteiger partial charge >= 0.3 is 0 Å². The van der Waals surface area contributed by atoms with E-state index in [1.54, 1.807) is 12.1 Å². The van der Waals surface area contributed by atoms with Gasteiger partial charge < -0.3 is 4.98 Å². The van der Waals surface area contributed by atoms with Crippen LogP contribution in [-0.2, 0) is 0 Å². The van der Waals surface area contributed by atoms with Gasteiger partial charge in [0.15, 0.2) is 0 Å². The molecule has 4 heteroatoms. The van der Waals surface area contributed by atoms with Crippen molar-refractivity contribution in [1.82, 2.24) is 4.98 Å². The molecule has 1 aromatic carbocycles. The highest BCUT2D eigenvalue weighted by Gasteiger charge is 2.04. The number of nitrogens with one attached hydrogen (secondary N) is 1. The molecule has 0 aliphatic rings. The third kappa shape index (κ3) is 2.24. The molecular formula is C13H9FN2S. The van der Waals surface area contributed by atoms with Gasteiger partial charge in [0.25, 0.3) is 0 Å². The molecule has 0 aliphatic carbocycles. The first kappa shape index (κ1) is 11.5. The van der Waals surface area contributed by atoms with E-state index in [2.05, 4.69) is 11.1 Å². The van der Waals surface area contributed by atoms with Crippen LogP contribution < -0.4 is 0 Å². The number of nitrogens with zero attached hydrogens (tertiary/aromatic N) is 1. The van der Waals surface area contributed by atoms with Gasteiger partial charge in [0, 0.05) is 5.69 Å². The molecule has 2 nitrogen and oxygen atoms in total. The lowest BCUT2D eigenvalue weighted by Gasteiger charge is -2.05. The molecule has 0 saturated heterocycles. The smallest absolute Gasteiger partial charge is 0.123 e. The molecule has 17 heavy (non-hydrogen) atoms. The summed E-state index contributed by atoms with van der Waals surface area (Å²) in [6, 6.07) is 10.0. The number of H-pyrrole nitrogens is 1. The second-order valence-electron chi connectivity index (χ2n) is 3.69. The SMILES string of the molecule is Cc1cc(-c2ccc(F)cc2)[nH]c(=S)c1C#N. The lowest BCUT2D eigenvalue weighted by Crippen LogP contribution is -1.91. The summed E-state index contributed by atoms with van der Waals surface area (Å²) in [5.41, 5.74) is 2.91. The Bertz CT molecular complexity index is 651. The predicted octanol–water partition coefficient (Wildman–Crippen LogP) is 3.73. The lowest BCUT2D eigenvalue weighted by molar-refractivity contribution is 0.628. The van der Waals surface area contributed by atoms with Crippen LogP contribution in [0.25, 0.3) is 11.3 Å². The molecule has 2 aromatic rings. The third-order valence-electron chi connectivity index (χ3n) is 2.50. The van der Waals surface area contributed by atoms with E-state index in [1.807, 2.05) is 13.0 Å². The van der Waals surface area contributed by atoms with Crippen molar-refractivity contribution in [2.75, 3.05) is 0 Å². The van der Waals surface area contributed by atoms with Crippen molar-refractivity contribution in [2.45, 2.75) is 6.92 Å². The lowest BCUT2D eigenvalue weighted by atomic mass is 10.1. The molecule has 0 saturated carbocycles. The highest BCUT2D eigenvalue weighted by atomic mass is 32.1.